The van der Waals surface area contributed by atoms with E-state index < -0.39 is 0 Å². The van der Waals surface area contributed by atoms with Crippen molar-refractivity contribution in [1.82, 2.24) is 10.3 Å². The van der Waals surface area contributed by atoms with E-state index in [0.29, 0.717) is 5.02 Å². The third-order valence-electron chi connectivity index (χ3n) is 2.45. The summed E-state index contributed by atoms with van der Waals surface area (Å²) in [4.78, 5) is 3.94. The van der Waals surface area contributed by atoms with E-state index in [1.165, 1.54) is 12.8 Å². The van der Waals surface area contributed by atoms with Crippen LogP contribution in [0.2, 0.25) is 5.02 Å². The Labute approximate surface area is 95.2 Å². The standard InChI is InChI=1S/C11H16ClN3/c12-10-8-13-7-4-11(10)15-6-1-5-14-9-2-3-9/h4,7-9,14H,1-3,5-6H2,(H,13,15). The Morgan fingerprint density at radius 2 is 2.27 bits per heavy atom. The predicted octanol–water partition coefficient (Wildman–Crippen LogP) is 2.29. The maximum absolute atomic E-state index is 5.96. The highest BCUT2D eigenvalue weighted by atomic mass is 35.5. The van der Waals surface area contributed by atoms with Crippen molar-refractivity contribution < 1.29 is 0 Å². The number of rotatable bonds is 6. The lowest BCUT2D eigenvalue weighted by Gasteiger charge is -2.07. The molecule has 0 unspecified atom stereocenters. The van der Waals surface area contributed by atoms with E-state index in [1.54, 1.807) is 12.4 Å². The largest absolute Gasteiger partial charge is 0.384 e. The molecule has 3 nitrogen and oxygen atoms in total. The first-order valence-corrected chi connectivity index (χ1v) is 5.81. The Kier molecular flexibility index (Phi) is 3.80. The molecule has 1 aliphatic carbocycles. The first-order chi connectivity index (χ1) is 7.36. The molecule has 4 heteroatoms. The van der Waals surface area contributed by atoms with Crippen LogP contribution in [0.3, 0.4) is 0 Å². The molecule has 15 heavy (non-hydrogen) atoms. The van der Waals surface area contributed by atoms with Gasteiger partial charge in [0.2, 0.25) is 0 Å². The summed E-state index contributed by atoms with van der Waals surface area (Å²) >= 11 is 5.96. The fourth-order valence-electron chi connectivity index (χ4n) is 1.42. The van der Waals surface area contributed by atoms with Crippen molar-refractivity contribution in [3.8, 4) is 0 Å². The second-order valence-electron chi connectivity index (χ2n) is 3.86. The summed E-state index contributed by atoms with van der Waals surface area (Å²) < 4.78 is 0. The van der Waals surface area contributed by atoms with E-state index in [1.807, 2.05) is 6.07 Å². The lowest BCUT2D eigenvalue weighted by Crippen LogP contribution is -2.19. The number of pyridine rings is 1. The van der Waals surface area contributed by atoms with Crippen molar-refractivity contribution in [2.24, 2.45) is 0 Å². The number of anilines is 1. The lowest BCUT2D eigenvalue weighted by atomic mass is 10.3. The zero-order chi connectivity index (χ0) is 10.5. The van der Waals surface area contributed by atoms with Crippen LogP contribution in [0.4, 0.5) is 5.69 Å². The third-order valence-corrected chi connectivity index (χ3v) is 2.75. The second-order valence-corrected chi connectivity index (χ2v) is 4.27. The van der Waals surface area contributed by atoms with Gasteiger partial charge in [-0.15, -0.1) is 0 Å². The average Bonchev–Trinajstić information content (AvgIpc) is 3.04. The smallest absolute Gasteiger partial charge is 0.0820 e. The molecule has 0 spiro atoms. The molecule has 0 saturated heterocycles. The van der Waals surface area contributed by atoms with E-state index in [-0.39, 0.29) is 0 Å². The van der Waals surface area contributed by atoms with Crippen LogP contribution in [0.1, 0.15) is 19.3 Å². The van der Waals surface area contributed by atoms with E-state index in [9.17, 15) is 0 Å². The molecule has 0 atom stereocenters. The van der Waals surface area contributed by atoms with Gasteiger partial charge in [0.05, 0.1) is 10.7 Å². The molecule has 1 heterocycles. The first-order valence-electron chi connectivity index (χ1n) is 5.43. The van der Waals surface area contributed by atoms with Crippen LogP contribution in [0, 0.1) is 0 Å². The molecule has 1 aromatic heterocycles. The van der Waals surface area contributed by atoms with Crippen LogP contribution in [-0.2, 0) is 0 Å². The Morgan fingerprint density at radius 1 is 1.40 bits per heavy atom. The zero-order valence-corrected chi connectivity index (χ0v) is 9.43. The molecule has 82 valence electrons. The van der Waals surface area contributed by atoms with Crippen LogP contribution < -0.4 is 10.6 Å². The van der Waals surface area contributed by atoms with Crippen molar-refractivity contribution in [3.05, 3.63) is 23.5 Å². The maximum Gasteiger partial charge on any atom is 0.0820 e. The van der Waals surface area contributed by atoms with Gasteiger partial charge in [0.25, 0.3) is 0 Å². The van der Waals surface area contributed by atoms with Gasteiger partial charge in [0.15, 0.2) is 0 Å². The van der Waals surface area contributed by atoms with E-state index in [2.05, 4.69) is 15.6 Å². The summed E-state index contributed by atoms with van der Waals surface area (Å²) in [5.41, 5.74) is 0.970. The number of aromatic nitrogens is 1. The third kappa shape index (κ3) is 3.68. The Morgan fingerprint density at radius 3 is 3.00 bits per heavy atom. The quantitative estimate of drug-likeness (QED) is 0.730. The number of nitrogens with zero attached hydrogens (tertiary/aromatic N) is 1. The monoisotopic (exact) mass is 225 g/mol. The molecule has 1 aromatic rings. The molecule has 0 amide bonds. The minimum atomic E-state index is 0.688. The van der Waals surface area contributed by atoms with Crippen LogP contribution in [0.5, 0.6) is 0 Å². The lowest BCUT2D eigenvalue weighted by molar-refractivity contribution is 0.659. The SMILES string of the molecule is Clc1cnccc1NCCCNC1CC1. The Bertz CT molecular complexity index is 312. The topological polar surface area (TPSA) is 37.0 Å². The zero-order valence-electron chi connectivity index (χ0n) is 8.67. The molecule has 1 fully saturated rings. The molecular weight excluding hydrogens is 210 g/mol. The van der Waals surface area contributed by atoms with E-state index in [0.717, 1.165) is 31.2 Å². The van der Waals surface area contributed by atoms with Gasteiger partial charge >= 0.3 is 0 Å². The molecular formula is C11H16ClN3. The maximum atomic E-state index is 5.96. The number of hydrogen-bond acceptors (Lipinski definition) is 3. The fraction of sp³-hybridized carbons (Fsp3) is 0.545. The molecule has 0 radical (unpaired) electrons. The fourth-order valence-corrected chi connectivity index (χ4v) is 1.61. The van der Waals surface area contributed by atoms with Gasteiger partial charge in [0.1, 0.15) is 0 Å². The van der Waals surface area contributed by atoms with Crippen LogP contribution in [-0.4, -0.2) is 24.1 Å². The highest BCUT2D eigenvalue weighted by Gasteiger charge is 2.19. The van der Waals surface area contributed by atoms with Gasteiger partial charge in [-0.2, -0.15) is 0 Å². The van der Waals surface area contributed by atoms with Gasteiger partial charge < -0.3 is 10.6 Å². The van der Waals surface area contributed by atoms with Crippen LogP contribution >= 0.6 is 11.6 Å². The minimum absolute atomic E-state index is 0.688. The predicted molar refractivity (Wildman–Crippen MR) is 63.4 cm³/mol. The van der Waals surface area contributed by atoms with Crippen LogP contribution in [0.25, 0.3) is 0 Å². The highest BCUT2D eigenvalue weighted by Crippen LogP contribution is 2.19. The van der Waals surface area contributed by atoms with Gasteiger partial charge in [-0.25, -0.2) is 0 Å². The number of hydrogen-bond donors (Lipinski definition) is 2. The van der Waals surface area contributed by atoms with Crippen molar-refractivity contribution in [2.75, 3.05) is 18.4 Å². The van der Waals surface area contributed by atoms with Gasteiger partial charge in [-0.1, -0.05) is 11.6 Å². The minimum Gasteiger partial charge on any atom is -0.384 e. The highest BCUT2D eigenvalue weighted by molar-refractivity contribution is 6.33. The molecule has 0 bridgehead atoms. The van der Waals surface area contributed by atoms with Gasteiger partial charge in [0, 0.05) is 25.0 Å². The molecule has 2 rings (SSSR count). The average molecular weight is 226 g/mol. The van der Waals surface area contributed by atoms with Gasteiger partial charge in [-0.3, -0.25) is 4.98 Å². The normalized spacial score (nSPS) is 15.3. The summed E-state index contributed by atoms with van der Waals surface area (Å²) in [6.45, 7) is 2.03. The number of nitrogens with one attached hydrogen (secondary N) is 2. The summed E-state index contributed by atoms with van der Waals surface area (Å²) in [6, 6.07) is 2.70. The Hall–Kier alpha value is -0.800. The number of halogens is 1. The van der Waals surface area contributed by atoms with Crippen molar-refractivity contribution in [1.29, 1.82) is 0 Å². The summed E-state index contributed by atoms with van der Waals surface area (Å²) in [5.74, 6) is 0. The second kappa shape index (κ2) is 5.33. The molecule has 0 aliphatic heterocycles. The van der Waals surface area contributed by atoms with Crippen LogP contribution in [0.15, 0.2) is 18.5 Å². The summed E-state index contributed by atoms with van der Waals surface area (Å²) in [6.07, 6.45) is 7.23. The van der Waals surface area contributed by atoms with Crippen molar-refractivity contribution >= 4 is 17.3 Å². The molecule has 1 saturated carbocycles. The molecule has 1 aliphatic rings. The Balaban J connectivity index is 1.62. The van der Waals surface area contributed by atoms with Gasteiger partial charge in [-0.05, 0) is 31.9 Å². The summed E-state index contributed by atoms with van der Waals surface area (Å²) in [5, 5.41) is 7.45. The van der Waals surface area contributed by atoms with Crippen molar-refractivity contribution in [3.63, 3.8) is 0 Å². The molecule has 2 N–H and O–H groups in total. The molecule has 0 aromatic carbocycles. The van der Waals surface area contributed by atoms with Crippen molar-refractivity contribution in [2.45, 2.75) is 25.3 Å². The first kappa shape index (κ1) is 10.7. The van der Waals surface area contributed by atoms with E-state index in [4.69, 9.17) is 11.6 Å². The summed E-state index contributed by atoms with van der Waals surface area (Å²) in [7, 11) is 0. The van der Waals surface area contributed by atoms with E-state index >= 15 is 0 Å².